The van der Waals surface area contributed by atoms with Gasteiger partial charge in [0.2, 0.25) is 29.5 Å². The van der Waals surface area contributed by atoms with Crippen LogP contribution in [0.3, 0.4) is 0 Å². The number of amides is 7. The highest BCUT2D eigenvalue weighted by atomic mass is 19.1. The minimum atomic E-state index is -1.65. The summed E-state index contributed by atoms with van der Waals surface area (Å²) in [7, 11) is 1.29. The van der Waals surface area contributed by atoms with E-state index in [9.17, 15) is 47.4 Å². The third-order valence-corrected chi connectivity index (χ3v) is 10.4. The van der Waals surface area contributed by atoms with E-state index in [1.54, 1.807) is 24.3 Å². The maximum atomic E-state index is 14.4. The molecule has 2 aromatic carbocycles. The number of hydrogen-bond acceptors (Lipinski definition) is 9. The van der Waals surface area contributed by atoms with Crippen LogP contribution in [0.4, 0.5) is 19.3 Å². The zero-order valence-electron chi connectivity index (χ0n) is 32.4. The number of ether oxygens (including phenoxy) is 1. The third-order valence-electron chi connectivity index (χ3n) is 10.4. The van der Waals surface area contributed by atoms with Gasteiger partial charge < -0.3 is 45.8 Å². The molecule has 2 aromatic rings. The quantitative estimate of drug-likeness (QED) is 0.253. The Balaban J connectivity index is 1.48. The third kappa shape index (κ3) is 10.2. The molecule has 3 saturated heterocycles. The van der Waals surface area contributed by atoms with Gasteiger partial charge in [-0.1, -0.05) is 24.6 Å². The molecule has 5 rings (SSSR count). The maximum Gasteiger partial charge on any atom is 0.328 e. The molecule has 3 fully saturated rings. The molecule has 0 aromatic heterocycles. The number of halogens is 2. The summed E-state index contributed by atoms with van der Waals surface area (Å²) in [5.41, 5.74) is 1.30. The van der Waals surface area contributed by atoms with E-state index in [1.165, 1.54) is 30.7 Å². The van der Waals surface area contributed by atoms with Gasteiger partial charge in [0.25, 0.3) is 0 Å². The Morgan fingerprint density at radius 1 is 0.965 bits per heavy atom. The number of hydrogen-bond donors (Lipinski definition) is 5. The number of rotatable bonds is 7. The zero-order chi connectivity index (χ0) is 41.7. The number of nitrogens with zero attached hydrogens (tertiary/aromatic N) is 3. The van der Waals surface area contributed by atoms with Crippen LogP contribution in [0.1, 0.15) is 51.2 Å². The summed E-state index contributed by atoms with van der Waals surface area (Å²) in [4.78, 5) is 99.9. The van der Waals surface area contributed by atoms with Crippen molar-refractivity contribution in [3.63, 3.8) is 0 Å². The highest BCUT2D eigenvalue weighted by Crippen LogP contribution is 2.26. The normalized spacial score (nSPS) is 25.9. The highest BCUT2D eigenvalue weighted by Gasteiger charge is 2.45. The standard InChI is InChI=1S/C39H49F2N7O9/c1-20-8-10-27(11-9-20)43-39(56)45-28(16-24-14-25(40)17-26(41)15-24)33(50)44-29-19-57-38(55)31-13-21(2)18-48(31)35(52)22(3)42-34(51)32(23(4)49)46(5)37(54)30-7-6-12-47(30)36(29)53/h8-11,14-15,17,21-23,28-32,49H,6-7,12-13,16,18-19H2,1-5H3,(H,42,51)(H,44,50)(H2,43,45,56)/t21-,22+,23-,28+,29+,30+,31+,32?/m1/s1. The molecule has 8 atom stereocenters. The molecule has 0 radical (unpaired) electrons. The predicted molar refractivity (Wildman–Crippen MR) is 200 cm³/mol. The van der Waals surface area contributed by atoms with Gasteiger partial charge in [-0.3, -0.25) is 24.0 Å². The number of carbonyl (C=O) groups is 7. The second-order valence-electron chi connectivity index (χ2n) is 15.1. The molecule has 5 N–H and O–H groups in total. The Bertz CT molecular complexity index is 1860. The van der Waals surface area contributed by atoms with E-state index in [0.717, 1.165) is 22.6 Å². The van der Waals surface area contributed by atoms with Gasteiger partial charge in [-0.2, -0.15) is 0 Å². The first-order valence-corrected chi connectivity index (χ1v) is 18.9. The van der Waals surface area contributed by atoms with Crippen LogP contribution in [0.2, 0.25) is 0 Å². The van der Waals surface area contributed by atoms with Crippen molar-refractivity contribution in [3.8, 4) is 0 Å². The van der Waals surface area contributed by atoms with Crippen molar-refractivity contribution in [1.29, 1.82) is 0 Å². The number of carbonyl (C=O) groups excluding carboxylic acids is 7. The van der Waals surface area contributed by atoms with Gasteiger partial charge in [0.1, 0.15) is 54.5 Å². The summed E-state index contributed by atoms with van der Waals surface area (Å²) < 4.78 is 34.1. The highest BCUT2D eigenvalue weighted by molar-refractivity contribution is 5.98. The summed E-state index contributed by atoms with van der Waals surface area (Å²) in [6.07, 6.45) is -1.13. The predicted octanol–water partition coefficient (Wildman–Crippen LogP) is 0.988. The fraction of sp³-hybridized carbons (Fsp3) is 0.513. The first kappa shape index (κ1) is 42.5. The molecule has 3 aliphatic rings. The molecule has 57 heavy (non-hydrogen) atoms. The summed E-state index contributed by atoms with van der Waals surface area (Å²) in [6, 6.07) is 0.407. The number of aryl methyl sites for hydroxylation is 1. The minimum Gasteiger partial charge on any atom is -0.461 e. The Kier molecular flexibility index (Phi) is 13.5. The van der Waals surface area contributed by atoms with Crippen molar-refractivity contribution in [1.82, 2.24) is 30.7 Å². The van der Waals surface area contributed by atoms with Crippen LogP contribution < -0.4 is 21.3 Å². The molecule has 16 nitrogen and oxygen atoms in total. The molecule has 0 saturated carbocycles. The SMILES string of the molecule is Cc1ccc(NC(=O)N[C@@H](Cc2cc(F)cc(F)c2)C(=O)N[C@H]2COC(=O)[C@@H]3C[C@@H](C)CN3C(=O)[C@H](C)NC(=O)C([C@@H](C)O)N(C)C(=O)[C@@H]3CCCN3C2=O)cc1. The largest absolute Gasteiger partial charge is 0.461 e. The number of fused-ring (bicyclic) bond motifs is 2. The number of benzene rings is 2. The van der Waals surface area contributed by atoms with E-state index in [1.807, 2.05) is 13.8 Å². The summed E-state index contributed by atoms with van der Waals surface area (Å²) in [6.45, 7) is 5.82. The van der Waals surface area contributed by atoms with Crippen LogP contribution in [0, 0.1) is 24.5 Å². The number of cyclic esters (lactones) is 1. The number of aliphatic hydroxyl groups excluding tert-OH is 1. The van der Waals surface area contributed by atoms with Crippen LogP contribution in [0.5, 0.6) is 0 Å². The number of urea groups is 1. The van der Waals surface area contributed by atoms with Gasteiger partial charge in [-0.05, 0) is 75.8 Å². The molecular weight excluding hydrogens is 748 g/mol. The lowest BCUT2D eigenvalue weighted by atomic mass is 10.0. The van der Waals surface area contributed by atoms with Gasteiger partial charge in [-0.25, -0.2) is 18.4 Å². The van der Waals surface area contributed by atoms with E-state index >= 15 is 0 Å². The smallest absolute Gasteiger partial charge is 0.328 e. The van der Waals surface area contributed by atoms with Gasteiger partial charge in [0.15, 0.2) is 0 Å². The Morgan fingerprint density at radius 3 is 2.28 bits per heavy atom. The molecule has 0 bridgehead atoms. The molecule has 3 aliphatic heterocycles. The average Bonchev–Trinajstić information content (AvgIpc) is 3.79. The summed E-state index contributed by atoms with van der Waals surface area (Å²) in [5, 5.41) is 20.8. The summed E-state index contributed by atoms with van der Waals surface area (Å²) >= 11 is 0. The second kappa shape index (κ2) is 18.1. The van der Waals surface area contributed by atoms with Crippen molar-refractivity contribution in [2.45, 2.75) is 95.7 Å². The van der Waals surface area contributed by atoms with Crippen molar-refractivity contribution in [2.24, 2.45) is 5.92 Å². The van der Waals surface area contributed by atoms with Crippen molar-refractivity contribution < 1.29 is 52.2 Å². The molecule has 1 unspecified atom stereocenters. The lowest BCUT2D eigenvalue weighted by Crippen LogP contribution is -2.62. The Labute approximate surface area is 328 Å². The van der Waals surface area contributed by atoms with Gasteiger partial charge in [0, 0.05) is 38.3 Å². The van der Waals surface area contributed by atoms with Crippen LogP contribution in [0.25, 0.3) is 0 Å². The maximum absolute atomic E-state index is 14.4. The lowest BCUT2D eigenvalue weighted by Gasteiger charge is -2.36. The Hall–Kier alpha value is -5.65. The topological polar surface area (TPSA) is 207 Å². The number of nitrogens with one attached hydrogen (secondary N) is 4. The fourth-order valence-corrected chi connectivity index (χ4v) is 7.55. The fourth-order valence-electron chi connectivity index (χ4n) is 7.55. The van der Waals surface area contributed by atoms with E-state index < -0.39 is 109 Å². The van der Waals surface area contributed by atoms with Gasteiger partial charge >= 0.3 is 12.0 Å². The molecule has 0 aliphatic carbocycles. The molecule has 0 spiro atoms. The van der Waals surface area contributed by atoms with E-state index in [0.29, 0.717) is 18.2 Å². The molecular formula is C39H49F2N7O9. The number of aliphatic hydroxyl groups is 1. The minimum absolute atomic E-state index is 0.00156. The molecule has 18 heteroatoms. The van der Waals surface area contributed by atoms with Gasteiger partial charge in [0.05, 0.1) is 6.10 Å². The van der Waals surface area contributed by atoms with Crippen LogP contribution >= 0.6 is 0 Å². The van der Waals surface area contributed by atoms with E-state index in [-0.39, 0.29) is 37.4 Å². The number of esters is 1. The summed E-state index contributed by atoms with van der Waals surface area (Å²) in [5.74, 6) is -6.88. The number of anilines is 1. The molecule has 3 heterocycles. The monoisotopic (exact) mass is 797 g/mol. The second-order valence-corrected chi connectivity index (χ2v) is 15.1. The van der Waals surface area contributed by atoms with E-state index in [4.69, 9.17) is 4.74 Å². The molecule has 308 valence electrons. The average molecular weight is 798 g/mol. The first-order valence-electron chi connectivity index (χ1n) is 18.9. The van der Waals surface area contributed by atoms with Crippen LogP contribution in [-0.2, 0) is 39.9 Å². The van der Waals surface area contributed by atoms with Crippen LogP contribution in [-0.4, -0.2) is 130 Å². The van der Waals surface area contributed by atoms with Gasteiger partial charge in [-0.15, -0.1) is 0 Å². The lowest BCUT2D eigenvalue weighted by molar-refractivity contribution is -0.158. The van der Waals surface area contributed by atoms with Crippen molar-refractivity contribution in [2.75, 3.05) is 32.1 Å². The van der Waals surface area contributed by atoms with Crippen molar-refractivity contribution in [3.05, 3.63) is 65.2 Å². The van der Waals surface area contributed by atoms with Crippen LogP contribution in [0.15, 0.2) is 42.5 Å². The molecule has 7 amide bonds. The van der Waals surface area contributed by atoms with E-state index in [2.05, 4.69) is 21.3 Å². The van der Waals surface area contributed by atoms with Crippen molar-refractivity contribution >= 4 is 47.2 Å². The Morgan fingerprint density at radius 2 is 1.63 bits per heavy atom. The number of likely N-dealkylation sites (N-methyl/N-ethyl adjacent to an activating group) is 1. The first-order chi connectivity index (χ1) is 26.9. The zero-order valence-corrected chi connectivity index (χ0v) is 32.4.